The van der Waals surface area contributed by atoms with Crippen LogP contribution >= 0.6 is 26.9 Å². The van der Waals surface area contributed by atoms with Crippen LogP contribution in [-0.4, -0.2) is 12.2 Å². The summed E-state index contributed by atoms with van der Waals surface area (Å²) in [6, 6.07) is 0. The van der Waals surface area contributed by atoms with Crippen molar-refractivity contribution in [1.82, 2.24) is 0 Å². The van der Waals surface area contributed by atoms with Crippen molar-refractivity contribution in [3.05, 3.63) is 0 Å². The van der Waals surface area contributed by atoms with Crippen LogP contribution < -0.4 is 0 Å². The summed E-state index contributed by atoms with van der Waals surface area (Å²) in [6.45, 7) is 2.24. The fraction of sp³-hybridized carbons (Fsp3) is 1.00. The van der Waals surface area contributed by atoms with E-state index in [0.29, 0.717) is 20.7 Å². The van der Waals surface area contributed by atoms with E-state index in [0.717, 1.165) is 18.8 Å². The van der Waals surface area contributed by atoms with E-state index >= 15 is 0 Å². The Balaban J connectivity index is 2.37. The van der Waals surface area contributed by atoms with Gasteiger partial charge in [0, 0.05) is 18.0 Å². The third kappa shape index (κ3) is 2.87. The molecule has 2 nitrogen and oxygen atoms in total. The van der Waals surface area contributed by atoms with Gasteiger partial charge in [-0.15, -0.1) is 0 Å². The SMILES string of the molecule is CC1CC(OP)[C@@H](OPP)C1. The van der Waals surface area contributed by atoms with Crippen molar-refractivity contribution < 1.29 is 9.05 Å². The average Bonchev–Trinajstić information content (AvgIpc) is 2.32. The maximum absolute atomic E-state index is 5.53. The summed E-state index contributed by atoms with van der Waals surface area (Å²) in [5, 5.41) is 0. The number of rotatable bonds is 3. The van der Waals surface area contributed by atoms with E-state index in [2.05, 4.69) is 25.3 Å². The largest absolute Gasteiger partial charge is 0.360 e. The van der Waals surface area contributed by atoms with Gasteiger partial charge in [-0.3, -0.25) is 0 Å². The van der Waals surface area contributed by atoms with Gasteiger partial charge in [-0.2, -0.15) is 0 Å². The van der Waals surface area contributed by atoms with Gasteiger partial charge in [0.15, 0.2) is 0 Å². The van der Waals surface area contributed by atoms with Crippen LogP contribution in [0.1, 0.15) is 19.8 Å². The first-order valence-corrected chi connectivity index (χ1v) is 6.93. The van der Waals surface area contributed by atoms with E-state index in [-0.39, 0.29) is 0 Å². The molecule has 0 N–H and O–H groups in total. The molecule has 6 atom stereocenters. The Labute approximate surface area is 74.4 Å². The summed E-state index contributed by atoms with van der Waals surface area (Å²) in [6.07, 6.45) is 2.88. The van der Waals surface area contributed by atoms with Gasteiger partial charge in [-0.05, 0) is 18.8 Å². The van der Waals surface area contributed by atoms with E-state index in [1.54, 1.807) is 0 Å². The summed E-state index contributed by atoms with van der Waals surface area (Å²) in [4.78, 5) is 0. The molecule has 1 aliphatic carbocycles. The maximum Gasteiger partial charge on any atom is 0.0886 e. The van der Waals surface area contributed by atoms with Gasteiger partial charge < -0.3 is 9.05 Å². The number of hydrogen-bond acceptors (Lipinski definition) is 2. The quantitative estimate of drug-likeness (QED) is 0.668. The molecule has 1 saturated carbocycles. The predicted molar refractivity (Wildman–Crippen MR) is 55.9 cm³/mol. The van der Waals surface area contributed by atoms with Gasteiger partial charge in [0.1, 0.15) is 0 Å². The Morgan fingerprint density at radius 1 is 1.36 bits per heavy atom. The Kier molecular flexibility index (Phi) is 4.73. The molecule has 11 heavy (non-hydrogen) atoms. The summed E-state index contributed by atoms with van der Waals surface area (Å²) < 4.78 is 10.8. The zero-order chi connectivity index (χ0) is 8.27. The van der Waals surface area contributed by atoms with Gasteiger partial charge in [-0.25, -0.2) is 0 Å². The lowest BCUT2D eigenvalue weighted by atomic mass is 10.1. The lowest BCUT2D eigenvalue weighted by molar-refractivity contribution is 0.108. The molecule has 1 fully saturated rings. The Bertz CT molecular complexity index is 122. The van der Waals surface area contributed by atoms with E-state index < -0.39 is 0 Å². The first-order valence-electron chi connectivity index (χ1n) is 3.74. The van der Waals surface area contributed by atoms with Crippen molar-refractivity contribution in [1.29, 1.82) is 0 Å². The highest BCUT2D eigenvalue weighted by Gasteiger charge is 2.32. The molecule has 1 aliphatic rings. The first-order chi connectivity index (χ1) is 5.27. The molecule has 0 spiro atoms. The van der Waals surface area contributed by atoms with Crippen LogP contribution in [0.25, 0.3) is 0 Å². The van der Waals surface area contributed by atoms with Gasteiger partial charge in [0.2, 0.25) is 0 Å². The molecule has 0 aromatic carbocycles. The molecule has 1 rings (SSSR count). The summed E-state index contributed by atoms with van der Waals surface area (Å²) in [5.41, 5.74) is 0. The molecule has 0 aliphatic heterocycles. The minimum Gasteiger partial charge on any atom is -0.360 e. The molecule has 0 bridgehead atoms. The van der Waals surface area contributed by atoms with Crippen molar-refractivity contribution in [3.8, 4) is 0 Å². The Morgan fingerprint density at radius 3 is 2.55 bits per heavy atom. The third-order valence-corrected chi connectivity index (χ3v) is 3.27. The molecular formula is C6H15O2P3. The van der Waals surface area contributed by atoms with E-state index in [4.69, 9.17) is 9.05 Å². The van der Waals surface area contributed by atoms with Crippen molar-refractivity contribution in [2.45, 2.75) is 32.0 Å². The molecule has 5 unspecified atom stereocenters. The molecule has 0 amide bonds. The standard InChI is InChI=1S/C6H15O2P3/c1-4-2-5(7-9)6(3-4)8-11-10/h4-6,11H,2-3,9-10H2,1H3/t4?,5?,6-/m0/s1. The van der Waals surface area contributed by atoms with Gasteiger partial charge in [0.25, 0.3) is 0 Å². The summed E-state index contributed by atoms with van der Waals surface area (Å²) >= 11 is 0. The monoisotopic (exact) mass is 212 g/mol. The van der Waals surface area contributed by atoms with Gasteiger partial charge in [-0.1, -0.05) is 15.9 Å². The second-order valence-electron chi connectivity index (χ2n) is 3.03. The molecule has 0 aromatic heterocycles. The molecule has 5 heteroatoms. The average molecular weight is 212 g/mol. The maximum atomic E-state index is 5.53. The topological polar surface area (TPSA) is 18.5 Å². The minimum absolute atomic E-state index is 0.294. The highest BCUT2D eigenvalue weighted by Crippen LogP contribution is 2.36. The van der Waals surface area contributed by atoms with Crippen molar-refractivity contribution in [2.75, 3.05) is 0 Å². The van der Waals surface area contributed by atoms with E-state index in [9.17, 15) is 0 Å². The van der Waals surface area contributed by atoms with Gasteiger partial charge >= 0.3 is 0 Å². The van der Waals surface area contributed by atoms with E-state index in [1.807, 2.05) is 0 Å². The van der Waals surface area contributed by atoms with Crippen LogP contribution in [0.3, 0.4) is 0 Å². The van der Waals surface area contributed by atoms with Crippen LogP contribution in [0.15, 0.2) is 0 Å². The lowest BCUT2D eigenvalue weighted by Gasteiger charge is -2.16. The molecule has 0 radical (unpaired) electrons. The smallest absolute Gasteiger partial charge is 0.0886 e. The van der Waals surface area contributed by atoms with Crippen molar-refractivity contribution in [3.63, 3.8) is 0 Å². The Morgan fingerprint density at radius 2 is 2.00 bits per heavy atom. The van der Waals surface area contributed by atoms with Crippen molar-refractivity contribution in [2.24, 2.45) is 5.92 Å². The molecular weight excluding hydrogens is 197 g/mol. The lowest BCUT2D eigenvalue weighted by Crippen LogP contribution is -2.19. The van der Waals surface area contributed by atoms with Crippen LogP contribution in [0, 0.1) is 5.92 Å². The van der Waals surface area contributed by atoms with Crippen LogP contribution in [0.2, 0.25) is 0 Å². The third-order valence-electron chi connectivity index (χ3n) is 2.08. The highest BCUT2D eigenvalue weighted by atomic mass is 32.0. The number of hydrogen-bond donors (Lipinski definition) is 0. The zero-order valence-corrected chi connectivity index (χ0v) is 9.93. The second-order valence-corrected chi connectivity index (χ2v) is 4.48. The van der Waals surface area contributed by atoms with Gasteiger partial charge in [0.05, 0.1) is 12.2 Å². The van der Waals surface area contributed by atoms with Crippen LogP contribution in [0.4, 0.5) is 0 Å². The molecule has 0 heterocycles. The fourth-order valence-electron chi connectivity index (χ4n) is 1.55. The van der Waals surface area contributed by atoms with Crippen LogP contribution in [0.5, 0.6) is 0 Å². The zero-order valence-electron chi connectivity index (χ0n) is 6.62. The summed E-state index contributed by atoms with van der Waals surface area (Å²) in [5.74, 6) is 0.742. The fourth-order valence-corrected chi connectivity index (χ4v) is 2.78. The van der Waals surface area contributed by atoms with Crippen LogP contribution in [-0.2, 0) is 9.05 Å². The van der Waals surface area contributed by atoms with Crippen molar-refractivity contribution >= 4 is 26.9 Å². The molecule has 0 aromatic rings. The highest BCUT2D eigenvalue weighted by molar-refractivity contribution is 8.00. The first kappa shape index (κ1) is 10.3. The van der Waals surface area contributed by atoms with E-state index in [1.165, 1.54) is 0 Å². The normalized spacial score (nSPS) is 39.0. The molecule has 66 valence electrons. The predicted octanol–water partition coefficient (Wildman–Crippen LogP) is 2.36. The minimum atomic E-state index is 0.294. The molecule has 0 saturated heterocycles. The summed E-state index contributed by atoms with van der Waals surface area (Å²) in [7, 11) is 5.43. The Hall–Kier alpha value is 1.21. The second kappa shape index (κ2) is 5.05.